The summed E-state index contributed by atoms with van der Waals surface area (Å²) < 4.78 is 0. The molecule has 0 aromatic carbocycles. The standard InChI is InChI=1S/C10H16N2S/c1-7-3-4-11-9(5-7)10-6-13-8(2)12-10/h6-7,9,11H,3-5H2,1-2H3. The van der Waals surface area contributed by atoms with Crippen molar-refractivity contribution in [2.45, 2.75) is 32.7 Å². The zero-order valence-corrected chi connectivity index (χ0v) is 9.03. The number of thiazole rings is 1. The van der Waals surface area contributed by atoms with Gasteiger partial charge in [-0.15, -0.1) is 11.3 Å². The van der Waals surface area contributed by atoms with E-state index < -0.39 is 0 Å². The maximum absolute atomic E-state index is 4.52. The van der Waals surface area contributed by atoms with Gasteiger partial charge in [-0.05, 0) is 32.2 Å². The van der Waals surface area contributed by atoms with E-state index in [1.54, 1.807) is 11.3 Å². The molecule has 0 aliphatic carbocycles. The van der Waals surface area contributed by atoms with Crippen LogP contribution in [-0.2, 0) is 0 Å². The summed E-state index contributed by atoms with van der Waals surface area (Å²) in [6.45, 7) is 5.54. The zero-order chi connectivity index (χ0) is 9.26. The van der Waals surface area contributed by atoms with Gasteiger partial charge in [0.05, 0.1) is 16.7 Å². The quantitative estimate of drug-likeness (QED) is 0.746. The molecule has 0 radical (unpaired) electrons. The summed E-state index contributed by atoms with van der Waals surface area (Å²) >= 11 is 1.75. The molecule has 1 aliphatic rings. The minimum atomic E-state index is 0.508. The van der Waals surface area contributed by atoms with Crippen LogP contribution in [-0.4, -0.2) is 11.5 Å². The van der Waals surface area contributed by atoms with Crippen molar-refractivity contribution in [3.8, 4) is 0 Å². The number of hydrogen-bond acceptors (Lipinski definition) is 3. The third-order valence-corrected chi connectivity index (χ3v) is 3.45. The van der Waals surface area contributed by atoms with Crippen molar-refractivity contribution in [3.63, 3.8) is 0 Å². The van der Waals surface area contributed by atoms with Crippen molar-refractivity contribution < 1.29 is 0 Å². The number of aryl methyl sites for hydroxylation is 1. The van der Waals surface area contributed by atoms with E-state index in [0.717, 1.165) is 12.5 Å². The van der Waals surface area contributed by atoms with E-state index >= 15 is 0 Å². The van der Waals surface area contributed by atoms with Gasteiger partial charge in [0.25, 0.3) is 0 Å². The smallest absolute Gasteiger partial charge is 0.0898 e. The van der Waals surface area contributed by atoms with Gasteiger partial charge in [0.2, 0.25) is 0 Å². The normalized spacial score (nSPS) is 29.1. The van der Waals surface area contributed by atoms with Crippen molar-refractivity contribution in [1.82, 2.24) is 10.3 Å². The number of hydrogen-bond donors (Lipinski definition) is 1. The molecule has 72 valence electrons. The summed E-state index contributed by atoms with van der Waals surface area (Å²) in [4.78, 5) is 4.52. The lowest BCUT2D eigenvalue weighted by molar-refractivity contribution is 0.321. The van der Waals surface area contributed by atoms with Crippen LogP contribution in [0.3, 0.4) is 0 Å². The first-order valence-corrected chi connectivity index (χ1v) is 5.79. The highest BCUT2D eigenvalue weighted by atomic mass is 32.1. The van der Waals surface area contributed by atoms with Crippen LogP contribution in [0.15, 0.2) is 5.38 Å². The molecule has 0 bridgehead atoms. The third-order valence-electron chi connectivity index (χ3n) is 2.66. The van der Waals surface area contributed by atoms with Crippen molar-refractivity contribution in [2.24, 2.45) is 5.92 Å². The molecule has 2 heterocycles. The molecule has 1 aliphatic heterocycles. The second-order valence-electron chi connectivity index (χ2n) is 3.93. The summed E-state index contributed by atoms with van der Waals surface area (Å²) in [5, 5.41) is 6.88. The van der Waals surface area contributed by atoms with Gasteiger partial charge in [-0.1, -0.05) is 6.92 Å². The topological polar surface area (TPSA) is 24.9 Å². The van der Waals surface area contributed by atoms with Gasteiger partial charge in [0.1, 0.15) is 0 Å². The minimum Gasteiger partial charge on any atom is -0.309 e. The molecule has 13 heavy (non-hydrogen) atoms. The van der Waals surface area contributed by atoms with Gasteiger partial charge in [0, 0.05) is 5.38 Å². The Bertz CT molecular complexity index is 282. The molecular formula is C10H16N2S. The number of piperidine rings is 1. The molecule has 3 heteroatoms. The van der Waals surface area contributed by atoms with Gasteiger partial charge < -0.3 is 5.32 Å². The first kappa shape index (κ1) is 9.16. The first-order chi connectivity index (χ1) is 6.25. The molecule has 1 fully saturated rings. The Morgan fingerprint density at radius 3 is 3.08 bits per heavy atom. The van der Waals surface area contributed by atoms with Crippen molar-refractivity contribution in [1.29, 1.82) is 0 Å². The van der Waals surface area contributed by atoms with Gasteiger partial charge in [0.15, 0.2) is 0 Å². The predicted molar refractivity (Wildman–Crippen MR) is 56.0 cm³/mol. The highest BCUT2D eigenvalue weighted by Gasteiger charge is 2.21. The second kappa shape index (κ2) is 3.76. The van der Waals surface area contributed by atoms with Crippen LogP contribution in [0, 0.1) is 12.8 Å². The lowest BCUT2D eigenvalue weighted by Crippen LogP contribution is -2.30. The summed E-state index contributed by atoms with van der Waals surface area (Å²) in [5.41, 5.74) is 1.24. The number of nitrogens with zero attached hydrogens (tertiary/aromatic N) is 1. The highest BCUT2D eigenvalue weighted by molar-refractivity contribution is 7.09. The number of aromatic nitrogens is 1. The van der Waals surface area contributed by atoms with Crippen molar-refractivity contribution in [3.05, 3.63) is 16.1 Å². The van der Waals surface area contributed by atoms with E-state index in [1.807, 2.05) is 0 Å². The molecule has 1 aromatic heterocycles. The molecule has 2 nitrogen and oxygen atoms in total. The molecule has 1 N–H and O–H groups in total. The van der Waals surface area contributed by atoms with E-state index in [2.05, 4.69) is 29.5 Å². The number of rotatable bonds is 1. The minimum absolute atomic E-state index is 0.508. The predicted octanol–water partition coefficient (Wildman–Crippen LogP) is 2.51. The Hall–Kier alpha value is -0.410. The van der Waals surface area contributed by atoms with Crippen LogP contribution in [0.5, 0.6) is 0 Å². The molecule has 2 unspecified atom stereocenters. The Balaban J connectivity index is 2.08. The van der Waals surface area contributed by atoms with E-state index in [0.29, 0.717) is 6.04 Å². The second-order valence-corrected chi connectivity index (χ2v) is 4.99. The lowest BCUT2D eigenvalue weighted by Gasteiger charge is -2.26. The molecule has 1 saturated heterocycles. The first-order valence-electron chi connectivity index (χ1n) is 4.91. The van der Waals surface area contributed by atoms with Crippen LogP contribution in [0.25, 0.3) is 0 Å². The zero-order valence-electron chi connectivity index (χ0n) is 8.21. The molecule has 0 spiro atoms. The monoisotopic (exact) mass is 196 g/mol. The van der Waals surface area contributed by atoms with Crippen molar-refractivity contribution >= 4 is 11.3 Å². The highest BCUT2D eigenvalue weighted by Crippen LogP contribution is 2.27. The summed E-state index contributed by atoms with van der Waals surface area (Å²) in [6, 6.07) is 0.508. The summed E-state index contributed by atoms with van der Waals surface area (Å²) in [7, 11) is 0. The molecule has 2 rings (SSSR count). The lowest BCUT2D eigenvalue weighted by atomic mass is 9.93. The largest absolute Gasteiger partial charge is 0.309 e. The third kappa shape index (κ3) is 2.09. The fraction of sp³-hybridized carbons (Fsp3) is 0.700. The number of nitrogens with one attached hydrogen (secondary N) is 1. The van der Waals surface area contributed by atoms with E-state index in [4.69, 9.17) is 0 Å². The van der Waals surface area contributed by atoms with Crippen LogP contribution in [0.2, 0.25) is 0 Å². The van der Waals surface area contributed by atoms with Crippen LogP contribution in [0.4, 0.5) is 0 Å². The van der Waals surface area contributed by atoms with E-state index in [-0.39, 0.29) is 0 Å². The fourth-order valence-electron chi connectivity index (χ4n) is 1.87. The average molecular weight is 196 g/mol. The van der Waals surface area contributed by atoms with Crippen LogP contribution in [0.1, 0.15) is 36.5 Å². The summed E-state index contributed by atoms with van der Waals surface area (Å²) in [6.07, 6.45) is 2.54. The maximum atomic E-state index is 4.52. The maximum Gasteiger partial charge on any atom is 0.0898 e. The molecule has 0 amide bonds. The average Bonchev–Trinajstić information content (AvgIpc) is 2.52. The Morgan fingerprint density at radius 1 is 1.62 bits per heavy atom. The van der Waals surface area contributed by atoms with E-state index in [9.17, 15) is 0 Å². The van der Waals surface area contributed by atoms with Crippen molar-refractivity contribution in [2.75, 3.05) is 6.54 Å². The SMILES string of the molecule is Cc1nc(C2CC(C)CCN2)cs1. The Labute approximate surface area is 83.4 Å². The molecule has 2 atom stereocenters. The van der Waals surface area contributed by atoms with Crippen LogP contribution >= 0.6 is 11.3 Å². The van der Waals surface area contributed by atoms with Gasteiger partial charge in [-0.3, -0.25) is 0 Å². The van der Waals surface area contributed by atoms with Gasteiger partial charge >= 0.3 is 0 Å². The van der Waals surface area contributed by atoms with Crippen LogP contribution < -0.4 is 5.32 Å². The molecular weight excluding hydrogens is 180 g/mol. The Kier molecular flexibility index (Phi) is 2.65. The molecule has 1 aromatic rings. The van der Waals surface area contributed by atoms with E-state index in [1.165, 1.54) is 23.5 Å². The summed E-state index contributed by atoms with van der Waals surface area (Å²) in [5.74, 6) is 0.841. The van der Waals surface area contributed by atoms with Gasteiger partial charge in [-0.25, -0.2) is 4.98 Å². The molecule has 0 saturated carbocycles. The van der Waals surface area contributed by atoms with Gasteiger partial charge in [-0.2, -0.15) is 0 Å². The fourth-order valence-corrected chi connectivity index (χ4v) is 2.54. The Morgan fingerprint density at radius 2 is 2.46 bits per heavy atom.